The Balaban J connectivity index is 2.16. The molecule has 1 aromatic carbocycles. The Morgan fingerprint density at radius 1 is 1.16 bits per heavy atom. The Morgan fingerprint density at radius 3 is 2.37 bits per heavy atom. The van der Waals surface area contributed by atoms with Crippen molar-refractivity contribution in [3.8, 4) is 0 Å². The third kappa shape index (κ3) is 2.93. The molecule has 0 aliphatic carbocycles. The van der Waals surface area contributed by atoms with Crippen LogP contribution in [0.3, 0.4) is 0 Å². The van der Waals surface area contributed by atoms with Crippen molar-refractivity contribution in [2.45, 2.75) is 25.3 Å². The Morgan fingerprint density at radius 2 is 1.79 bits per heavy atom. The van der Waals surface area contributed by atoms with Crippen molar-refractivity contribution in [1.82, 2.24) is 4.90 Å². The fourth-order valence-electron chi connectivity index (χ4n) is 2.46. The van der Waals surface area contributed by atoms with Crippen LogP contribution < -0.4 is 11.5 Å². The smallest absolute Gasteiger partial charge is 0.254 e. The summed E-state index contributed by atoms with van der Waals surface area (Å²) < 4.78 is 0. The lowest BCUT2D eigenvalue weighted by molar-refractivity contribution is 0.0623. The van der Waals surface area contributed by atoms with E-state index in [-0.39, 0.29) is 11.9 Å². The number of amides is 2. The van der Waals surface area contributed by atoms with Crippen LogP contribution >= 0.6 is 0 Å². The minimum atomic E-state index is -0.489. The van der Waals surface area contributed by atoms with E-state index in [9.17, 15) is 9.59 Å². The molecule has 1 heterocycles. The van der Waals surface area contributed by atoms with Crippen molar-refractivity contribution in [1.29, 1.82) is 0 Å². The minimum Gasteiger partial charge on any atom is -0.366 e. The van der Waals surface area contributed by atoms with Gasteiger partial charge in [-0.2, -0.15) is 0 Å². The first-order chi connectivity index (χ1) is 9.13. The van der Waals surface area contributed by atoms with Gasteiger partial charge in [0.2, 0.25) is 5.91 Å². The molecule has 0 radical (unpaired) electrons. The van der Waals surface area contributed by atoms with Crippen LogP contribution in [0.1, 0.15) is 40.0 Å². The molecule has 0 aromatic heterocycles. The second-order valence-electron chi connectivity index (χ2n) is 4.83. The fourth-order valence-corrected chi connectivity index (χ4v) is 2.46. The predicted molar refractivity (Wildman–Crippen MR) is 72.7 cm³/mol. The molecule has 0 saturated carbocycles. The first-order valence-electron chi connectivity index (χ1n) is 6.54. The SMILES string of the molecule is NCC1CCCCN1C(=O)c1ccc(C(N)=O)cc1. The Bertz CT molecular complexity index is 470. The number of likely N-dealkylation sites (tertiary alicyclic amines) is 1. The summed E-state index contributed by atoms with van der Waals surface area (Å²) in [5.74, 6) is -0.511. The van der Waals surface area contributed by atoms with Gasteiger partial charge in [-0.05, 0) is 43.5 Å². The first-order valence-corrected chi connectivity index (χ1v) is 6.54. The van der Waals surface area contributed by atoms with Gasteiger partial charge in [-0.15, -0.1) is 0 Å². The summed E-state index contributed by atoms with van der Waals surface area (Å²) in [5, 5.41) is 0. The molecule has 1 aliphatic rings. The van der Waals surface area contributed by atoms with Crippen molar-refractivity contribution < 1.29 is 9.59 Å². The standard InChI is InChI=1S/C14H19N3O2/c15-9-12-3-1-2-8-17(12)14(19)11-6-4-10(5-7-11)13(16)18/h4-7,12H,1-3,8-9,15H2,(H2,16,18). The lowest BCUT2D eigenvalue weighted by atomic mass is 10.0. The summed E-state index contributed by atoms with van der Waals surface area (Å²) in [6.45, 7) is 1.24. The molecule has 1 unspecified atom stereocenters. The molecule has 2 rings (SSSR count). The second kappa shape index (κ2) is 5.84. The number of hydrogen-bond acceptors (Lipinski definition) is 3. The topological polar surface area (TPSA) is 89.4 Å². The monoisotopic (exact) mass is 261 g/mol. The normalized spacial score (nSPS) is 19.2. The molecule has 1 aliphatic heterocycles. The van der Waals surface area contributed by atoms with Crippen LogP contribution in [0.25, 0.3) is 0 Å². The van der Waals surface area contributed by atoms with Gasteiger partial charge in [0, 0.05) is 30.3 Å². The highest BCUT2D eigenvalue weighted by Gasteiger charge is 2.26. The van der Waals surface area contributed by atoms with Crippen molar-refractivity contribution in [2.24, 2.45) is 11.5 Å². The molecule has 1 aromatic rings. The van der Waals surface area contributed by atoms with Crippen LogP contribution in [0.2, 0.25) is 0 Å². The van der Waals surface area contributed by atoms with Gasteiger partial charge >= 0.3 is 0 Å². The summed E-state index contributed by atoms with van der Waals surface area (Å²) in [6.07, 6.45) is 3.09. The highest BCUT2D eigenvalue weighted by atomic mass is 16.2. The van der Waals surface area contributed by atoms with Gasteiger partial charge in [0.15, 0.2) is 0 Å². The van der Waals surface area contributed by atoms with Crippen LogP contribution in [-0.2, 0) is 0 Å². The number of piperidine rings is 1. The van der Waals surface area contributed by atoms with E-state index in [0.29, 0.717) is 17.7 Å². The van der Waals surface area contributed by atoms with Crippen molar-refractivity contribution in [2.75, 3.05) is 13.1 Å². The van der Waals surface area contributed by atoms with E-state index in [0.717, 1.165) is 25.8 Å². The number of nitrogens with two attached hydrogens (primary N) is 2. The van der Waals surface area contributed by atoms with Crippen molar-refractivity contribution in [3.05, 3.63) is 35.4 Å². The van der Waals surface area contributed by atoms with Crippen LogP contribution in [0.4, 0.5) is 0 Å². The zero-order valence-electron chi connectivity index (χ0n) is 10.8. The molecular weight excluding hydrogens is 242 g/mol. The van der Waals surface area contributed by atoms with Gasteiger partial charge in [0.1, 0.15) is 0 Å². The summed E-state index contributed by atoms with van der Waals surface area (Å²) in [5.41, 5.74) is 11.9. The lowest BCUT2D eigenvalue weighted by Crippen LogP contribution is -2.47. The third-order valence-corrected chi connectivity index (χ3v) is 3.58. The van der Waals surface area contributed by atoms with Crippen LogP contribution in [-0.4, -0.2) is 35.8 Å². The number of nitrogens with zero attached hydrogens (tertiary/aromatic N) is 1. The Hall–Kier alpha value is -1.88. The molecule has 1 saturated heterocycles. The number of hydrogen-bond donors (Lipinski definition) is 2. The zero-order chi connectivity index (χ0) is 13.8. The molecule has 19 heavy (non-hydrogen) atoms. The summed E-state index contributed by atoms with van der Waals surface area (Å²) in [7, 11) is 0. The maximum absolute atomic E-state index is 12.4. The first kappa shape index (κ1) is 13.5. The van der Waals surface area contributed by atoms with Crippen LogP contribution in [0.15, 0.2) is 24.3 Å². The van der Waals surface area contributed by atoms with E-state index in [1.54, 1.807) is 24.3 Å². The maximum Gasteiger partial charge on any atom is 0.254 e. The number of carbonyl (C=O) groups is 2. The fraction of sp³-hybridized carbons (Fsp3) is 0.429. The van der Waals surface area contributed by atoms with E-state index < -0.39 is 5.91 Å². The average molecular weight is 261 g/mol. The predicted octanol–water partition coefficient (Wildman–Crippen LogP) is 0.739. The molecule has 4 N–H and O–H groups in total. The average Bonchev–Trinajstić information content (AvgIpc) is 2.46. The van der Waals surface area contributed by atoms with E-state index in [2.05, 4.69) is 0 Å². The second-order valence-corrected chi connectivity index (χ2v) is 4.83. The number of rotatable bonds is 3. The van der Waals surface area contributed by atoms with Gasteiger partial charge in [-0.3, -0.25) is 9.59 Å². The summed E-state index contributed by atoms with van der Waals surface area (Å²) in [4.78, 5) is 25.2. The van der Waals surface area contributed by atoms with Crippen molar-refractivity contribution in [3.63, 3.8) is 0 Å². The van der Waals surface area contributed by atoms with Crippen molar-refractivity contribution >= 4 is 11.8 Å². The van der Waals surface area contributed by atoms with E-state index in [4.69, 9.17) is 11.5 Å². The number of benzene rings is 1. The lowest BCUT2D eigenvalue weighted by Gasteiger charge is -2.35. The summed E-state index contributed by atoms with van der Waals surface area (Å²) in [6, 6.07) is 6.57. The molecule has 1 atom stereocenters. The molecule has 5 nitrogen and oxygen atoms in total. The van der Waals surface area contributed by atoms with E-state index in [1.807, 2.05) is 4.90 Å². The highest BCUT2D eigenvalue weighted by molar-refractivity contribution is 5.97. The molecule has 0 spiro atoms. The largest absolute Gasteiger partial charge is 0.366 e. The Kier molecular flexibility index (Phi) is 4.16. The molecule has 5 heteroatoms. The van der Waals surface area contributed by atoms with Gasteiger partial charge in [-0.25, -0.2) is 0 Å². The quantitative estimate of drug-likeness (QED) is 0.841. The van der Waals surface area contributed by atoms with Gasteiger partial charge < -0.3 is 16.4 Å². The minimum absolute atomic E-state index is 0.0221. The number of carbonyl (C=O) groups excluding carboxylic acids is 2. The third-order valence-electron chi connectivity index (χ3n) is 3.58. The molecule has 102 valence electrons. The summed E-state index contributed by atoms with van der Waals surface area (Å²) >= 11 is 0. The van der Waals surface area contributed by atoms with Crippen LogP contribution in [0.5, 0.6) is 0 Å². The molecular formula is C14H19N3O2. The van der Waals surface area contributed by atoms with Crippen LogP contribution in [0, 0.1) is 0 Å². The Labute approximate surface area is 112 Å². The van der Waals surface area contributed by atoms with E-state index >= 15 is 0 Å². The van der Waals surface area contributed by atoms with E-state index in [1.165, 1.54) is 0 Å². The zero-order valence-corrected chi connectivity index (χ0v) is 10.8. The van der Waals surface area contributed by atoms with Gasteiger partial charge in [0.25, 0.3) is 5.91 Å². The molecule has 0 bridgehead atoms. The highest BCUT2D eigenvalue weighted by Crippen LogP contribution is 2.19. The molecule has 1 fully saturated rings. The van der Waals surface area contributed by atoms with Gasteiger partial charge in [0.05, 0.1) is 0 Å². The van der Waals surface area contributed by atoms with Gasteiger partial charge in [-0.1, -0.05) is 0 Å². The molecule has 2 amide bonds. The maximum atomic E-state index is 12.4. The number of primary amides is 1.